The quantitative estimate of drug-likeness (QED) is 0.354. The summed E-state index contributed by atoms with van der Waals surface area (Å²) in [5.41, 5.74) is 0. The molecule has 0 amide bonds. The third-order valence-electron chi connectivity index (χ3n) is 0. The van der Waals surface area contributed by atoms with Crippen LogP contribution in [0.25, 0.3) is 0 Å². The number of hydrogen-bond acceptors (Lipinski definition) is 0. The molecule has 0 saturated heterocycles. The molecule has 0 unspecified atom stereocenters. The standard InChI is InChI=1S/Al.H2O.2O.Ti/h;1H2;;;/q+3;;2*-2;+4. The van der Waals surface area contributed by atoms with Crippen molar-refractivity contribution in [1.29, 1.82) is 0 Å². The number of rotatable bonds is 0. The van der Waals surface area contributed by atoms with Crippen LogP contribution in [-0.4, -0.2) is 22.8 Å². The van der Waals surface area contributed by atoms with Crippen LogP contribution in [0.2, 0.25) is 0 Å². The molecule has 0 fully saturated rings. The Balaban J connectivity index is 0. The molecule has 0 heterocycles. The minimum absolute atomic E-state index is 0. The fourth-order valence-corrected chi connectivity index (χ4v) is 0. The molecule has 3 nitrogen and oxygen atoms in total. The van der Waals surface area contributed by atoms with Gasteiger partial charge in [-0.25, -0.2) is 0 Å². The molecule has 0 saturated carbocycles. The summed E-state index contributed by atoms with van der Waals surface area (Å²) in [4.78, 5) is 0. The van der Waals surface area contributed by atoms with Crippen molar-refractivity contribution in [2.75, 3.05) is 0 Å². The first-order valence-corrected chi connectivity index (χ1v) is 0. The average molecular weight is 125 g/mol. The molecule has 0 spiro atoms. The summed E-state index contributed by atoms with van der Waals surface area (Å²) in [5.74, 6) is 0. The van der Waals surface area contributed by atoms with Crippen molar-refractivity contribution in [2.24, 2.45) is 0 Å². The Morgan fingerprint density at radius 1 is 0.800 bits per heavy atom. The third-order valence-corrected chi connectivity index (χ3v) is 0. The summed E-state index contributed by atoms with van der Waals surface area (Å²) in [6.45, 7) is 0. The maximum absolute atomic E-state index is 0. The Morgan fingerprint density at radius 3 is 0.800 bits per heavy atom. The van der Waals surface area contributed by atoms with Gasteiger partial charge in [-0.1, -0.05) is 0 Å². The first kappa shape index (κ1) is 127. The Labute approximate surface area is 55.7 Å². The Kier molecular flexibility index (Phi) is 1740. The SMILES string of the molecule is O.[Al+3].[O-2].[O-2].[Ti+4]. The van der Waals surface area contributed by atoms with Crippen molar-refractivity contribution >= 4 is 17.4 Å². The summed E-state index contributed by atoms with van der Waals surface area (Å²) in [6.07, 6.45) is 0. The van der Waals surface area contributed by atoms with E-state index in [1.165, 1.54) is 0 Å². The van der Waals surface area contributed by atoms with E-state index in [0.29, 0.717) is 0 Å². The van der Waals surface area contributed by atoms with Crippen LogP contribution in [0, 0.1) is 0 Å². The van der Waals surface area contributed by atoms with Crippen molar-refractivity contribution in [1.82, 2.24) is 0 Å². The van der Waals surface area contributed by atoms with E-state index in [4.69, 9.17) is 0 Å². The van der Waals surface area contributed by atoms with Gasteiger partial charge in [0.25, 0.3) is 0 Å². The van der Waals surface area contributed by atoms with Crippen LogP contribution in [0.1, 0.15) is 0 Å². The second-order valence-electron chi connectivity index (χ2n) is 0. The van der Waals surface area contributed by atoms with Gasteiger partial charge in [-0.2, -0.15) is 0 Å². The van der Waals surface area contributed by atoms with Gasteiger partial charge in [-0.15, -0.1) is 0 Å². The van der Waals surface area contributed by atoms with Crippen LogP contribution in [0.15, 0.2) is 0 Å². The molecule has 0 aromatic heterocycles. The average Bonchev–Trinajstić information content (AvgIpc) is 0. The minimum Gasteiger partial charge on any atom is -2.00 e. The minimum atomic E-state index is 0. The summed E-state index contributed by atoms with van der Waals surface area (Å²) >= 11 is 0. The van der Waals surface area contributed by atoms with Gasteiger partial charge in [0.1, 0.15) is 0 Å². The molecule has 5 heteroatoms. The molecule has 0 aliphatic heterocycles. The van der Waals surface area contributed by atoms with Gasteiger partial charge in [-0.3, -0.25) is 0 Å². The van der Waals surface area contributed by atoms with Gasteiger partial charge < -0.3 is 16.4 Å². The van der Waals surface area contributed by atoms with E-state index in [9.17, 15) is 0 Å². The molecule has 0 atom stereocenters. The van der Waals surface area contributed by atoms with Gasteiger partial charge >= 0.3 is 39.1 Å². The normalized spacial score (nSPS) is 0. The van der Waals surface area contributed by atoms with Crippen molar-refractivity contribution < 1.29 is 38.1 Å². The molecule has 0 aliphatic carbocycles. The van der Waals surface area contributed by atoms with Crippen molar-refractivity contribution in [3.05, 3.63) is 0 Å². The Morgan fingerprint density at radius 2 is 0.800 bits per heavy atom. The summed E-state index contributed by atoms with van der Waals surface area (Å²) in [7, 11) is 0. The summed E-state index contributed by atoms with van der Waals surface area (Å²) in [6, 6.07) is 0. The van der Waals surface area contributed by atoms with Crippen molar-refractivity contribution in [2.45, 2.75) is 0 Å². The first-order chi connectivity index (χ1) is 0. The molecule has 2 N–H and O–H groups in total. The summed E-state index contributed by atoms with van der Waals surface area (Å²) in [5, 5.41) is 0. The predicted molar refractivity (Wildman–Crippen MR) is 10.7 cm³/mol. The zero-order chi connectivity index (χ0) is 0. The van der Waals surface area contributed by atoms with E-state index in [-0.39, 0.29) is 55.5 Å². The van der Waals surface area contributed by atoms with Crippen LogP contribution >= 0.6 is 0 Å². The van der Waals surface area contributed by atoms with E-state index in [2.05, 4.69) is 0 Å². The molecule has 0 bridgehead atoms. The molecule has 0 radical (unpaired) electrons. The first-order valence-electron chi connectivity index (χ1n) is 0. The van der Waals surface area contributed by atoms with Crippen LogP contribution in [0.4, 0.5) is 0 Å². The fraction of sp³-hybridized carbons (Fsp3) is 0. The monoisotopic (exact) mass is 125 g/mol. The summed E-state index contributed by atoms with van der Waals surface area (Å²) < 4.78 is 0. The van der Waals surface area contributed by atoms with Crippen molar-refractivity contribution in [3.63, 3.8) is 0 Å². The van der Waals surface area contributed by atoms with Crippen LogP contribution in [0.3, 0.4) is 0 Å². The topological polar surface area (TPSA) is 88.5 Å². The van der Waals surface area contributed by atoms with Crippen LogP contribution < -0.4 is 0 Å². The van der Waals surface area contributed by atoms with Gasteiger partial charge in [0.15, 0.2) is 0 Å². The van der Waals surface area contributed by atoms with E-state index in [1.54, 1.807) is 0 Å². The molecule has 0 aromatic carbocycles. The molecule has 24 valence electrons. The molecular weight excluding hydrogens is 123 g/mol. The van der Waals surface area contributed by atoms with E-state index < -0.39 is 0 Å². The zero-order valence-electron chi connectivity index (χ0n) is 2.39. The molecule has 0 aromatic rings. The van der Waals surface area contributed by atoms with Gasteiger partial charge in [0.05, 0.1) is 0 Å². The van der Waals surface area contributed by atoms with Gasteiger partial charge in [0, 0.05) is 0 Å². The Bertz CT molecular complexity index is 6.85. The smallest absolute Gasteiger partial charge is 2.00 e. The Hall–Kier alpha value is 1.13. The zero-order valence-corrected chi connectivity index (χ0v) is 5.11. The van der Waals surface area contributed by atoms with Gasteiger partial charge in [-0.05, 0) is 0 Å². The largest absolute Gasteiger partial charge is 4.00 e. The van der Waals surface area contributed by atoms with Crippen LogP contribution in [-0.2, 0) is 32.7 Å². The van der Waals surface area contributed by atoms with Crippen molar-refractivity contribution in [3.8, 4) is 0 Å². The predicted octanol–water partition coefficient (Wildman–Crippen LogP) is -1.45. The second kappa shape index (κ2) is 68.8. The third kappa shape index (κ3) is 39.5. The van der Waals surface area contributed by atoms with Gasteiger partial charge in [0.2, 0.25) is 0 Å². The van der Waals surface area contributed by atoms with Crippen LogP contribution in [0.5, 0.6) is 0 Å². The molecular formula is H2AlO3Ti+3. The fourth-order valence-electron chi connectivity index (χ4n) is 0. The second-order valence-corrected chi connectivity index (χ2v) is 0. The maximum atomic E-state index is 0. The molecule has 0 aliphatic rings. The van der Waals surface area contributed by atoms with E-state index in [1.807, 2.05) is 0 Å². The molecule has 0 rings (SSSR count). The molecule has 5 heavy (non-hydrogen) atoms. The van der Waals surface area contributed by atoms with E-state index in [0.717, 1.165) is 0 Å². The maximum Gasteiger partial charge on any atom is 4.00 e. The number of hydrogen-bond donors (Lipinski definition) is 0. The van der Waals surface area contributed by atoms with E-state index >= 15 is 0 Å².